The average Bonchev–Trinajstić information content (AvgIpc) is 2.51. The van der Waals surface area contributed by atoms with E-state index in [0.717, 1.165) is 42.3 Å². The van der Waals surface area contributed by atoms with Crippen molar-refractivity contribution in [2.24, 2.45) is 0 Å². The lowest BCUT2D eigenvalue weighted by atomic mass is 10.2. The van der Waals surface area contributed by atoms with Crippen LogP contribution in [0.5, 0.6) is 11.5 Å². The summed E-state index contributed by atoms with van der Waals surface area (Å²) in [7, 11) is 2.02. The minimum atomic E-state index is 0.731. The summed E-state index contributed by atoms with van der Waals surface area (Å²) in [6.45, 7) is 1.47. The first-order valence-corrected chi connectivity index (χ1v) is 6.10. The molecule has 1 aromatic carbocycles. The van der Waals surface area contributed by atoms with E-state index >= 15 is 0 Å². The van der Waals surface area contributed by atoms with Crippen LogP contribution < -0.4 is 14.4 Å². The Morgan fingerprint density at radius 1 is 1.27 bits per heavy atom. The molecule has 1 aromatic rings. The van der Waals surface area contributed by atoms with Gasteiger partial charge < -0.3 is 14.4 Å². The van der Waals surface area contributed by atoms with E-state index in [1.54, 1.807) is 0 Å². The maximum absolute atomic E-state index is 5.62. The lowest BCUT2D eigenvalue weighted by Crippen LogP contribution is -2.13. The lowest BCUT2D eigenvalue weighted by molar-refractivity contribution is 0.297. The zero-order chi connectivity index (χ0) is 10.7. The standard InChI is InChI=1S/C11H14BrNO2/c1-13(8-12)9-3-4-10-11(7-9)15-6-2-5-14-10/h3-4,7H,2,5-6,8H2,1H3. The number of ether oxygens (including phenoxy) is 2. The van der Waals surface area contributed by atoms with Crippen molar-refractivity contribution >= 4 is 21.6 Å². The van der Waals surface area contributed by atoms with Crippen LogP contribution in [0.1, 0.15) is 6.42 Å². The van der Waals surface area contributed by atoms with Crippen LogP contribution in [0.3, 0.4) is 0 Å². The quantitative estimate of drug-likeness (QED) is 0.610. The molecule has 0 atom stereocenters. The molecule has 4 heteroatoms. The Hall–Kier alpha value is -0.900. The van der Waals surface area contributed by atoms with Gasteiger partial charge in [-0.3, -0.25) is 0 Å². The second kappa shape index (κ2) is 4.75. The molecule has 0 fully saturated rings. The molecular weight excluding hydrogens is 258 g/mol. The first-order chi connectivity index (χ1) is 7.31. The number of alkyl halides is 1. The van der Waals surface area contributed by atoms with Crippen molar-refractivity contribution in [2.45, 2.75) is 6.42 Å². The van der Waals surface area contributed by atoms with Crippen molar-refractivity contribution in [1.29, 1.82) is 0 Å². The molecule has 0 radical (unpaired) electrons. The largest absolute Gasteiger partial charge is 0.490 e. The Bertz CT molecular complexity index is 343. The van der Waals surface area contributed by atoms with Crippen LogP contribution in [0, 0.1) is 0 Å². The van der Waals surface area contributed by atoms with E-state index < -0.39 is 0 Å². The van der Waals surface area contributed by atoms with Gasteiger partial charge in [-0.1, -0.05) is 15.9 Å². The summed E-state index contributed by atoms with van der Waals surface area (Å²) < 4.78 is 11.2. The van der Waals surface area contributed by atoms with Gasteiger partial charge in [-0.15, -0.1) is 0 Å². The average molecular weight is 272 g/mol. The highest BCUT2D eigenvalue weighted by atomic mass is 79.9. The normalized spacial score (nSPS) is 14.5. The highest BCUT2D eigenvalue weighted by Crippen LogP contribution is 2.33. The molecular formula is C11H14BrNO2. The lowest BCUT2D eigenvalue weighted by Gasteiger charge is -2.17. The fourth-order valence-electron chi connectivity index (χ4n) is 1.46. The molecule has 0 aromatic heterocycles. The second-order valence-electron chi connectivity index (χ2n) is 3.50. The third-order valence-electron chi connectivity index (χ3n) is 2.35. The van der Waals surface area contributed by atoms with Crippen molar-refractivity contribution in [3.63, 3.8) is 0 Å². The summed E-state index contributed by atoms with van der Waals surface area (Å²) in [4.78, 5) is 2.09. The fourth-order valence-corrected chi connectivity index (χ4v) is 1.75. The number of rotatable bonds is 2. The van der Waals surface area contributed by atoms with Crippen molar-refractivity contribution in [3.05, 3.63) is 18.2 Å². The van der Waals surface area contributed by atoms with E-state index in [1.165, 1.54) is 0 Å². The Morgan fingerprint density at radius 3 is 2.73 bits per heavy atom. The summed E-state index contributed by atoms with van der Waals surface area (Å²) in [5.41, 5.74) is 1.92. The van der Waals surface area contributed by atoms with Crippen LogP contribution in [0.15, 0.2) is 18.2 Å². The van der Waals surface area contributed by atoms with E-state index in [2.05, 4.69) is 20.8 Å². The molecule has 15 heavy (non-hydrogen) atoms. The van der Waals surface area contributed by atoms with Crippen molar-refractivity contribution < 1.29 is 9.47 Å². The van der Waals surface area contributed by atoms with E-state index in [9.17, 15) is 0 Å². The monoisotopic (exact) mass is 271 g/mol. The molecule has 2 rings (SSSR count). The van der Waals surface area contributed by atoms with Gasteiger partial charge in [0.2, 0.25) is 0 Å². The molecule has 0 N–H and O–H groups in total. The molecule has 0 bridgehead atoms. The van der Waals surface area contributed by atoms with Crippen LogP contribution in [0.25, 0.3) is 0 Å². The van der Waals surface area contributed by atoms with Crippen LogP contribution in [-0.2, 0) is 0 Å². The summed E-state index contributed by atoms with van der Waals surface area (Å²) in [6, 6.07) is 6.02. The van der Waals surface area contributed by atoms with Gasteiger partial charge in [0.25, 0.3) is 0 Å². The van der Waals surface area contributed by atoms with Crippen molar-refractivity contribution in [2.75, 3.05) is 30.6 Å². The molecule has 0 aliphatic carbocycles. The first kappa shape index (κ1) is 10.6. The molecule has 1 aliphatic heterocycles. The van der Waals surface area contributed by atoms with Crippen LogP contribution in [0.4, 0.5) is 5.69 Å². The van der Waals surface area contributed by atoms with Crippen molar-refractivity contribution in [3.8, 4) is 11.5 Å². The summed E-state index contributed by atoms with van der Waals surface area (Å²) in [5.74, 6) is 1.69. The smallest absolute Gasteiger partial charge is 0.163 e. The maximum Gasteiger partial charge on any atom is 0.163 e. The van der Waals surface area contributed by atoms with Gasteiger partial charge in [0.15, 0.2) is 11.5 Å². The number of hydrogen-bond donors (Lipinski definition) is 0. The summed E-state index contributed by atoms with van der Waals surface area (Å²) in [6.07, 6.45) is 0.943. The number of hydrogen-bond acceptors (Lipinski definition) is 3. The number of fused-ring (bicyclic) bond motifs is 1. The number of halogens is 1. The molecule has 1 heterocycles. The Morgan fingerprint density at radius 2 is 2.00 bits per heavy atom. The Kier molecular flexibility index (Phi) is 3.36. The summed E-state index contributed by atoms with van der Waals surface area (Å²) in [5, 5.41) is 0. The Balaban J connectivity index is 2.27. The molecule has 82 valence electrons. The van der Waals surface area contributed by atoms with E-state index in [0.29, 0.717) is 0 Å². The van der Waals surface area contributed by atoms with Gasteiger partial charge in [-0.2, -0.15) is 0 Å². The minimum absolute atomic E-state index is 0.731. The molecule has 1 aliphatic rings. The van der Waals surface area contributed by atoms with E-state index in [4.69, 9.17) is 9.47 Å². The second-order valence-corrected chi connectivity index (χ2v) is 4.00. The van der Waals surface area contributed by atoms with Gasteiger partial charge >= 0.3 is 0 Å². The van der Waals surface area contributed by atoms with E-state index in [1.807, 2.05) is 25.2 Å². The molecule has 0 unspecified atom stereocenters. The molecule has 0 spiro atoms. The highest BCUT2D eigenvalue weighted by molar-refractivity contribution is 9.09. The SMILES string of the molecule is CN(CBr)c1ccc2c(c1)OCCCO2. The molecule has 0 saturated heterocycles. The van der Waals surface area contributed by atoms with E-state index in [-0.39, 0.29) is 0 Å². The number of nitrogens with zero attached hydrogens (tertiary/aromatic N) is 1. The van der Waals surface area contributed by atoms with Crippen LogP contribution in [0.2, 0.25) is 0 Å². The highest BCUT2D eigenvalue weighted by Gasteiger charge is 2.11. The zero-order valence-electron chi connectivity index (χ0n) is 8.70. The summed E-state index contributed by atoms with van der Waals surface area (Å²) >= 11 is 3.42. The first-order valence-electron chi connectivity index (χ1n) is 4.98. The van der Waals surface area contributed by atoms with Gasteiger partial charge in [0.1, 0.15) is 0 Å². The predicted molar refractivity (Wildman–Crippen MR) is 64.2 cm³/mol. The van der Waals surface area contributed by atoms with Crippen LogP contribution in [-0.4, -0.2) is 25.7 Å². The van der Waals surface area contributed by atoms with Gasteiger partial charge in [-0.25, -0.2) is 0 Å². The maximum atomic E-state index is 5.62. The predicted octanol–water partition coefficient (Wildman–Crippen LogP) is 2.64. The molecule has 3 nitrogen and oxygen atoms in total. The minimum Gasteiger partial charge on any atom is -0.490 e. The zero-order valence-corrected chi connectivity index (χ0v) is 10.3. The van der Waals surface area contributed by atoms with Crippen LogP contribution >= 0.6 is 15.9 Å². The third kappa shape index (κ3) is 2.37. The fraction of sp³-hybridized carbons (Fsp3) is 0.455. The van der Waals surface area contributed by atoms with Gasteiger partial charge in [-0.05, 0) is 12.1 Å². The third-order valence-corrected chi connectivity index (χ3v) is 3.10. The number of anilines is 1. The molecule has 0 saturated carbocycles. The van der Waals surface area contributed by atoms with Gasteiger partial charge in [0, 0.05) is 25.2 Å². The molecule has 0 amide bonds. The number of benzene rings is 1. The Labute approximate surface area is 98.1 Å². The van der Waals surface area contributed by atoms with Crippen molar-refractivity contribution in [1.82, 2.24) is 0 Å². The topological polar surface area (TPSA) is 21.7 Å². The van der Waals surface area contributed by atoms with Gasteiger partial charge in [0.05, 0.1) is 18.7 Å².